The van der Waals surface area contributed by atoms with Gasteiger partial charge in [0.2, 0.25) is 5.52 Å². The summed E-state index contributed by atoms with van der Waals surface area (Å²) in [6.45, 7) is 2.85. The summed E-state index contributed by atoms with van der Waals surface area (Å²) in [6, 6.07) is 9.35. The molecule has 3 nitrogen and oxygen atoms in total. The third kappa shape index (κ3) is 3.09. The Kier molecular flexibility index (Phi) is 3.62. The van der Waals surface area contributed by atoms with E-state index in [1.807, 2.05) is 30.3 Å². The van der Waals surface area contributed by atoms with Crippen molar-refractivity contribution >= 4 is 12.9 Å². The van der Waals surface area contributed by atoms with Gasteiger partial charge in [-0.15, -0.1) is 0 Å². The molecular weight excluding hydrogens is 199 g/mol. The lowest BCUT2D eigenvalue weighted by Gasteiger charge is -2.09. The van der Waals surface area contributed by atoms with E-state index in [1.54, 1.807) is 0 Å². The van der Waals surface area contributed by atoms with Gasteiger partial charge < -0.3 is 4.52 Å². The van der Waals surface area contributed by atoms with Gasteiger partial charge >= 0.3 is 0 Å². The Labute approximate surface area is 83.5 Å². The Morgan fingerprint density at radius 2 is 1.93 bits per heavy atom. The normalized spacial score (nSPS) is 14.7. The van der Waals surface area contributed by atoms with Crippen molar-refractivity contribution in [2.45, 2.75) is 13.5 Å². The molecule has 4 heteroatoms. The molecule has 0 aromatic heterocycles. The first-order valence-corrected chi connectivity index (χ1v) is 6.36. The van der Waals surface area contributed by atoms with Crippen LogP contribution in [0.3, 0.4) is 0 Å². The fraction of sp³-hybridized carbons (Fsp3) is 0.300. The summed E-state index contributed by atoms with van der Waals surface area (Å²) >= 11 is 0. The van der Waals surface area contributed by atoms with Crippen molar-refractivity contribution in [2.24, 2.45) is 0 Å². The van der Waals surface area contributed by atoms with Gasteiger partial charge in [-0.2, -0.15) is 0 Å². The Morgan fingerprint density at radius 3 is 2.43 bits per heavy atom. The first-order chi connectivity index (χ1) is 6.52. The molecule has 0 radical (unpaired) electrons. The number of benzene rings is 1. The van der Waals surface area contributed by atoms with Crippen molar-refractivity contribution in [3.63, 3.8) is 0 Å². The predicted octanol–water partition coefficient (Wildman–Crippen LogP) is 2.66. The second-order valence-electron chi connectivity index (χ2n) is 3.12. The van der Waals surface area contributed by atoms with E-state index in [9.17, 15) is 9.36 Å². The summed E-state index contributed by atoms with van der Waals surface area (Å²) in [6.07, 6.45) is 0. The molecule has 1 atom stereocenters. The molecule has 76 valence electrons. The van der Waals surface area contributed by atoms with E-state index in [0.717, 1.165) is 5.56 Å². The highest BCUT2D eigenvalue weighted by molar-refractivity contribution is 7.75. The van der Waals surface area contributed by atoms with Crippen LogP contribution in [-0.4, -0.2) is 12.2 Å². The van der Waals surface area contributed by atoms with Crippen LogP contribution in [0.5, 0.6) is 0 Å². The highest BCUT2D eigenvalue weighted by Gasteiger charge is 2.21. The molecule has 0 aliphatic rings. The molecule has 0 saturated carbocycles. The van der Waals surface area contributed by atoms with Crippen LogP contribution >= 0.6 is 7.37 Å². The quantitative estimate of drug-likeness (QED) is 0.720. The van der Waals surface area contributed by atoms with Crippen LogP contribution in [0.4, 0.5) is 0 Å². The van der Waals surface area contributed by atoms with Crippen LogP contribution in [-0.2, 0) is 20.5 Å². The summed E-state index contributed by atoms with van der Waals surface area (Å²) in [5.41, 5.74) is 0.518. The van der Waals surface area contributed by atoms with Gasteiger partial charge in [0.05, 0.1) is 6.61 Å². The second kappa shape index (κ2) is 4.54. The van der Waals surface area contributed by atoms with Gasteiger partial charge in [-0.25, -0.2) is 0 Å². The molecule has 1 rings (SSSR count). The average Bonchev–Trinajstić information content (AvgIpc) is 2.16. The van der Waals surface area contributed by atoms with Crippen LogP contribution in [0.25, 0.3) is 0 Å². The fourth-order valence-corrected chi connectivity index (χ4v) is 1.44. The Hall–Kier alpha value is -0.920. The monoisotopic (exact) mass is 212 g/mol. The first-order valence-electron chi connectivity index (χ1n) is 4.29. The second-order valence-corrected chi connectivity index (χ2v) is 5.70. The predicted molar refractivity (Wildman–Crippen MR) is 55.4 cm³/mol. The van der Waals surface area contributed by atoms with Crippen molar-refractivity contribution < 1.29 is 13.9 Å². The summed E-state index contributed by atoms with van der Waals surface area (Å²) in [5.74, 6) is 0. The van der Waals surface area contributed by atoms with Gasteiger partial charge in [0.15, 0.2) is 0 Å². The van der Waals surface area contributed by atoms with Crippen molar-refractivity contribution in [2.75, 3.05) is 6.66 Å². The SMILES string of the molecule is CC(=O)P(C)(=O)OCc1ccccc1. The topological polar surface area (TPSA) is 43.4 Å². The number of carbonyl (C=O) groups excluding carboxylic acids is 1. The van der Waals surface area contributed by atoms with Crippen LogP contribution in [0.15, 0.2) is 30.3 Å². The molecule has 14 heavy (non-hydrogen) atoms. The number of rotatable bonds is 4. The van der Waals surface area contributed by atoms with E-state index < -0.39 is 12.9 Å². The zero-order valence-electron chi connectivity index (χ0n) is 8.27. The molecule has 0 spiro atoms. The third-order valence-electron chi connectivity index (χ3n) is 1.89. The molecule has 0 fully saturated rings. The summed E-state index contributed by atoms with van der Waals surface area (Å²) in [7, 11) is -3.07. The maximum Gasteiger partial charge on any atom is 0.263 e. The van der Waals surface area contributed by atoms with E-state index in [0.29, 0.717) is 0 Å². The lowest BCUT2D eigenvalue weighted by molar-refractivity contribution is -0.110. The van der Waals surface area contributed by atoms with Gasteiger partial charge in [-0.3, -0.25) is 9.36 Å². The standard InChI is InChI=1S/C10H13O3P/c1-9(11)14(2,12)13-8-10-6-4-3-5-7-10/h3-7H,8H2,1-2H3. The van der Waals surface area contributed by atoms with Gasteiger partial charge in [0.25, 0.3) is 7.37 Å². The van der Waals surface area contributed by atoms with E-state index in [2.05, 4.69) is 0 Å². The van der Waals surface area contributed by atoms with E-state index >= 15 is 0 Å². The molecular formula is C10H13O3P. The Balaban J connectivity index is 2.58. The molecule has 0 N–H and O–H groups in total. The maximum atomic E-state index is 11.5. The highest BCUT2D eigenvalue weighted by Crippen LogP contribution is 2.43. The minimum Gasteiger partial charge on any atom is -0.319 e. The summed E-state index contributed by atoms with van der Waals surface area (Å²) in [5, 5.41) is 0. The minimum absolute atomic E-state index is 0.216. The third-order valence-corrected chi connectivity index (χ3v) is 3.66. The summed E-state index contributed by atoms with van der Waals surface area (Å²) in [4.78, 5) is 10.9. The van der Waals surface area contributed by atoms with Crippen LogP contribution in [0.2, 0.25) is 0 Å². The van der Waals surface area contributed by atoms with Crippen LogP contribution < -0.4 is 0 Å². The molecule has 1 aromatic rings. The zero-order valence-corrected chi connectivity index (χ0v) is 9.16. The molecule has 0 saturated heterocycles. The lowest BCUT2D eigenvalue weighted by Crippen LogP contribution is -1.97. The van der Waals surface area contributed by atoms with Crippen LogP contribution in [0, 0.1) is 0 Å². The molecule has 0 heterocycles. The highest BCUT2D eigenvalue weighted by atomic mass is 31.2. The van der Waals surface area contributed by atoms with Crippen molar-refractivity contribution in [3.05, 3.63) is 35.9 Å². The van der Waals surface area contributed by atoms with Crippen molar-refractivity contribution in [1.29, 1.82) is 0 Å². The van der Waals surface area contributed by atoms with Gasteiger partial charge in [0.1, 0.15) is 0 Å². The minimum atomic E-state index is -3.07. The molecule has 0 amide bonds. The fourth-order valence-electron chi connectivity index (χ4n) is 0.863. The number of hydrogen-bond acceptors (Lipinski definition) is 3. The largest absolute Gasteiger partial charge is 0.319 e. The van der Waals surface area contributed by atoms with Gasteiger partial charge in [0, 0.05) is 13.6 Å². The molecule has 0 aliphatic carbocycles. The zero-order chi connectivity index (χ0) is 10.6. The Bertz CT molecular complexity index is 359. The van der Waals surface area contributed by atoms with Crippen LogP contribution in [0.1, 0.15) is 12.5 Å². The molecule has 0 bridgehead atoms. The lowest BCUT2D eigenvalue weighted by atomic mass is 10.2. The van der Waals surface area contributed by atoms with Crippen molar-refractivity contribution in [1.82, 2.24) is 0 Å². The maximum absolute atomic E-state index is 11.5. The van der Waals surface area contributed by atoms with E-state index in [4.69, 9.17) is 4.52 Å². The number of carbonyl (C=O) groups is 1. The first kappa shape index (κ1) is 11.2. The Morgan fingerprint density at radius 1 is 1.36 bits per heavy atom. The van der Waals surface area contributed by atoms with Gasteiger partial charge in [-0.05, 0) is 5.56 Å². The van der Waals surface area contributed by atoms with E-state index in [1.165, 1.54) is 13.6 Å². The molecule has 1 aromatic carbocycles. The average molecular weight is 212 g/mol. The summed E-state index contributed by atoms with van der Waals surface area (Å²) < 4.78 is 16.6. The van der Waals surface area contributed by atoms with Gasteiger partial charge in [-0.1, -0.05) is 30.3 Å². The molecule has 0 aliphatic heterocycles. The molecule has 1 unspecified atom stereocenters. The van der Waals surface area contributed by atoms with E-state index in [-0.39, 0.29) is 6.61 Å². The smallest absolute Gasteiger partial charge is 0.263 e. The number of hydrogen-bond donors (Lipinski definition) is 0. The van der Waals surface area contributed by atoms with Crippen molar-refractivity contribution in [3.8, 4) is 0 Å².